The van der Waals surface area contributed by atoms with E-state index in [1.54, 1.807) is 30.0 Å². The van der Waals surface area contributed by atoms with E-state index in [-0.39, 0.29) is 4.90 Å². The van der Waals surface area contributed by atoms with Crippen molar-refractivity contribution in [3.8, 4) is 0 Å². The largest absolute Gasteiger partial charge is 0.310 e. The van der Waals surface area contributed by atoms with E-state index in [0.717, 1.165) is 11.0 Å². The monoisotopic (exact) mass is 432 g/mol. The lowest BCUT2D eigenvalue weighted by Crippen LogP contribution is -2.44. The average molecular weight is 433 g/mol. The van der Waals surface area contributed by atoms with E-state index in [0.29, 0.717) is 24.7 Å². The molecule has 154 valence electrons. The normalized spacial score (nSPS) is 12.8. The summed E-state index contributed by atoms with van der Waals surface area (Å²) >= 11 is 1.55. The molecule has 0 saturated carbocycles. The van der Waals surface area contributed by atoms with Gasteiger partial charge in [0.05, 0.1) is 15.9 Å². The topological polar surface area (TPSA) is 93.1 Å². The summed E-state index contributed by atoms with van der Waals surface area (Å²) < 4.78 is 29.9. The third-order valence-corrected chi connectivity index (χ3v) is 6.62. The number of nitrogens with zero attached hydrogens (tertiary/aromatic N) is 2. The molecule has 0 spiro atoms. The molecule has 2 N–H and O–H groups in total. The Morgan fingerprint density at radius 2 is 1.83 bits per heavy atom. The fraction of sp³-hybridized carbons (Fsp3) is 0.300. The smallest absolute Gasteiger partial charge is 0.244 e. The highest BCUT2D eigenvalue weighted by Gasteiger charge is 2.26. The molecule has 0 aliphatic heterocycles. The third kappa shape index (κ3) is 4.98. The summed E-state index contributed by atoms with van der Waals surface area (Å²) in [6, 6.07) is 14.7. The Balaban J connectivity index is 1.85. The molecular formula is C20H24N4O3S2. The fourth-order valence-corrected chi connectivity index (χ4v) is 4.74. The van der Waals surface area contributed by atoms with Gasteiger partial charge in [0, 0.05) is 6.54 Å². The van der Waals surface area contributed by atoms with Crippen LogP contribution in [0.3, 0.4) is 0 Å². The van der Waals surface area contributed by atoms with E-state index in [4.69, 9.17) is 0 Å². The number of rotatable bonds is 9. The lowest BCUT2D eigenvalue weighted by atomic mass is 10.2. The van der Waals surface area contributed by atoms with Gasteiger partial charge in [-0.3, -0.25) is 10.1 Å². The van der Waals surface area contributed by atoms with Gasteiger partial charge in [-0.25, -0.2) is 13.4 Å². The maximum Gasteiger partial charge on any atom is 0.244 e. The van der Waals surface area contributed by atoms with E-state index >= 15 is 0 Å². The number of para-hydroxylation sites is 2. The minimum Gasteiger partial charge on any atom is -0.310 e. The van der Waals surface area contributed by atoms with E-state index < -0.39 is 22.0 Å². The molecule has 1 amide bonds. The number of benzene rings is 2. The minimum atomic E-state index is -3.81. The maximum atomic E-state index is 13.0. The lowest BCUT2D eigenvalue weighted by molar-refractivity contribution is -0.117. The number of carbonyl (C=O) groups is 1. The van der Waals surface area contributed by atoms with Crippen LogP contribution in [0.4, 0.5) is 5.95 Å². The van der Waals surface area contributed by atoms with Crippen LogP contribution in [0.15, 0.2) is 59.5 Å². The van der Waals surface area contributed by atoms with Gasteiger partial charge in [0.15, 0.2) is 0 Å². The second kappa shape index (κ2) is 9.43. The Morgan fingerprint density at radius 1 is 1.14 bits per heavy atom. The first-order valence-electron chi connectivity index (χ1n) is 9.28. The van der Waals surface area contributed by atoms with Crippen molar-refractivity contribution >= 4 is 44.7 Å². The number of nitrogens with one attached hydrogen (secondary N) is 2. The molecule has 2 aromatic carbocycles. The molecule has 1 heterocycles. The van der Waals surface area contributed by atoms with Crippen molar-refractivity contribution in [2.45, 2.75) is 30.8 Å². The first-order chi connectivity index (χ1) is 14.0. The SMILES string of the molecule is CCn1c(NC(=O)[C@@H](CCSC)NS(=O)(=O)c2ccccc2)nc2ccccc21. The van der Waals surface area contributed by atoms with Gasteiger partial charge in [0.25, 0.3) is 0 Å². The number of anilines is 1. The number of sulfonamides is 1. The number of hydrogen-bond acceptors (Lipinski definition) is 5. The van der Waals surface area contributed by atoms with Gasteiger partial charge in [-0.05, 0) is 49.6 Å². The van der Waals surface area contributed by atoms with Crippen molar-refractivity contribution in [2.24, 2.45) is 0 Å². The van der Waals surface area contributed by atoms with E-state index in [1.807, 2.05) is 42.0 Å². The summed E-state index contributed by atoms with van der Waals surface area (Å²) in [6.07, 6.45) is 2.28. The van der Waals surface area contributed by atoms with Crippen LogP contribution < -0.4 is 10.0 Å². The highest BCUT2D eigenvalue weighted by molar-refractivity contribution is 7.98. The van der Waals surface area contributed by atoms with Crippen molar-refractivity contribution < 1.29 is 13.2 Å². The Labute approximate surface area is 175 Å². The van der Waals surface area contributed by atoms with Gasteiger partial charge in [0.2, 0.25) is 21.9 Å². The maximum absolute atomic E-state index is 13.0. The molecule has 0 aliphatic carbocycles. The molecule has 1 atom stereocenters. The number of amides is 1. The van der Waals surface area contributed by atoms with Crippen LogP contribution in [0.2, 0.25) is 0 Å². The van der Waals surface area contributed by atoms with Gasteiger partial charge in [-0.2, -0.15) is 16.5 Å². The molecular weight excluding hydrogens is 408 g/mol. The van der Waals surface area contributed by atoms with Crippen LogP contribution in [0.5, 0.6) is 0 Å². The van der Waals surface area contributed by atoms with Crippen molar-refractivity contribution in [1.29, 1.82) is 0 Å². The first kappa shape index (κ1) is 21.4. The van der Waals surface area contributed by atoms with Crippen LogP contribution >= 0.6 is 11.8 Å². The number of carbonyl (C=O) groups excluding carboxylic acids is 1. The second-order valence-electron chi connectivity index (χ2n) is 6.43. The average Bonchev–Trinajstić information content (AvgIpc) is 3.08. The van der Waals surface area contributed by atoms with Crippen molar-refractivity contribution in [2.75, 3.05) is 17.3 Å². The number of imidazole rings is 1. The molecule has 0 saturated heterocycles. The molecule has 3 aromatic rings. The standard InChI is InChI=1S/C20H24N4O3S2/c1-3-24-18-12-8-7-11-16(18)21-20(24)22-19(25)17(13-14-28-2)23-29(26,27)15-9-5-4-6-10-15/h4-12,17,23H,3,13-14H2,1-2H3,(H,21,22,25)/t17-/m1/s1. The zero-order chi connectivity index (χ0) is 20.9. The summed E-state index contributed by atoms with van der Waals surface area (Å²) in [5.74, 6) is 0.620. The van der Waals surface area contributed by atoms with Crippen LogP contribution in [-0.4, -0.2) is 41.9 Å². The van der Waals surface area contributed by atoms with Gasteiger partial charge < -0.3 is 4.57 Å². The highest BCUT2D eigenvalue weighted by atomic mass is 32.2. The number of aryl methyl sites for hydroxylation is 1. The van der Waals surface area contributed by atoms with E-state index in [9.17, 15) is 13.2 Å². The third-order valence-electron chi connectivity index (χ3n) is 4.48. The van der Waals surface area contributed by atoms with Crippen LogP contribution in [0.25, 0.3) is 11.0 Å². The summed E-state index contributed by atoms with van der Waals surface area (Å²) in [7, 11) is -3.81. The quantitative estimate of drug-likeness (QED) is 0.542. The van der Waals surface area contributed by atoms with Gasteiger partial charge in [0.1, 0.15) is 6.04 Å². The van der Waals surface area contributed by atoms with Gasteiger partial charge in [-0.1, -0.05) is 30.3 Å². The Kier molecular flexibility index (Phi) is 6.94. The zero-order valence-corrected chi connectivity index (χ0v) is 18.0. The molecule has 7 nitrogen and oxygen atoms in total. The number of thioether (sulfide) groups is 1. The number of hydrogen-bond donors (Lipinski definition) is 2. The van der Waals surface area contributed by atoms with E-state index in [1.165, 1.54) is 12.1 Å². The van der Waals surface area contributed by atoms with Crippen LogP contribution in [-0.2, 0) is 21.4 Å². The van der Waals surface area contributed by atoms with Crippen molar-refractivity contribution in [1.82, 2.24) is 14.3 Å². The molecule has 0 bridgehead atoms. The van der Waals surface area contributed by atoms with E-state index in [2.05, 4.69) is 15.0 Å². The predicted molar refractivity (Wildman–Crippen MR) is 118 cm³/mol. The zero-order valence-electron chi connectivity index (χ0n) is 16.3. The fourth-order valence-electron chi connectivity index (χ4n) is 3.02. The highest BCUT2D eigenvalue weighted by Crippen LogP contribution is 2.20. The van der Waals surface area contributed by atoms with Crippen LogP contribution in [0.1, 0.15) is 13.3 Å². The Hall–Kier alpha value is -2.36. The Bertz CT molecular complexity index is 1080. The van der Waals surface area contributed by atoms with Gasteiger partial charge >= 0.3 is 0 Å². The predicted octanol–water partition coefficient (Wildman–Crippen LogP) is 3.09. The van der Waals surface area contributed by atoms with Crippen molar-refractivity contribution in [3.63, 3.8) is 0 Å². The summed E-state index contributed by atoms with van der Waals surface area (Å²) in [4.78, 5) is 17.6. The van der Waals surface area contributed by atoms with Gasteiger partial charge in [-0.15, -0.1) is 0 Å². The number of aromatic nitrogens is 2. The summed E-state index contributed by atoms with van der Waals surface area (Å²) in [5.41, 5.74) is 1.69. The van der Waals surface area contributed by atoms with Crippen molar-refractivity contribution in [3.05, 3.63) is 54.6 Å². The second-order valence-corrected chi connectivity index (χ2v) is 9.13. The Morgan fingerprint density at radius 3 is 2.52 bits per heavy atom. The number of fused-ring (bicyclic) bond motifs is 1. The lowest BCUT2D eigenvalue weighted by Gasteiger charge is -2.18. The molecule has 0 unspecified atom stereocenters. The summed E-state index contributed by atoms with van der Waals surface area (Å²) in [6.45, 7) is 2.59. The molecule has 0 fully saturated rings. The first-order valence-corrected chi connectivity index (χ1v) is 12.2. The summed E-state index contributed by atoms with van der Waals surface area (Å²) in [5, 5.41) is 2.81. The molecule has 0 aliphatic rings. The molecule has 1 aromatic heterocycles. The molecule has 0 radical (unpaired) electrons. The minimum absolute atomic E-state index is 0.128. The molecule has 29 heavy (non-hydrogen) atoms. The van der Waals surface area contributed by atoms with Crippen LogP contribution in [0, 0.1) is 0 Å². The molecule has 9 heteroatoms. The molecule has 3 rings (SSSR count).